The Labute approximate surface area is 177 Å². The standard InChI is InChI=1S/C21H17ClF2N2O3S/c22-15-10-11-18(17(24)13-15)25-21(27)19(12-14-6-2-1-3-7-14)26-30(28,29)20-9-5-4-8-16(20)23/h1-11,13,19,26H,12H2,(H,25,27)/t19-/m0/s1. The van der Waals surface area contributed by atoms with E-state index < -0.39 is 38.5 Å². The van der Waals surface area contributed by atoms with Gasteiger partial charge < -0.3 is 5.32 Å². The highest BCUT2D eigenvalue weighted by Crippen LogP contribution is 2.20. The lowest BCUT2D eigenvalue weighted by Gasteiger charge is -2.19. The van der Waals surface area contributed by atoms with Crippen LogP contribution in [0.5, 0.6) is 0 Å². The van der Waals surface area contributed by atoms with E-state index in [2.05, 4.69) is 10.0 Å². The molecule has 156 valence electrons. The molecule has 2 N–H and O–H groups in total. The van der Waals surface area contributed by atoms with E-state index in [1.807, 2.05) is 0 Å². The molecule has 1 amide bonds. The molecule has 0 aromatic heterocycles. The summed E-state index contributed by atoms with van der Waals surface area (Å²) in [6, 6.07) is 15.8. The van der Waals surface area contributed by atoms with Crippen molar-refractivity contribution in [3.63, 3.8) is 0 Å². The fraction of sp³-hybridized carbons (Fsp3) is 0.0952. The molecular formula is C21H17ClF2N2O3S. The molecule has 9 heteroatoms. The summed E-state index contributed by atoms with van der Waals surface area (Å²) in [5.41, 5.74) is 0.498. The lowest BCUT2D eigenvalue weighted by atomic mass is 10.1. The van der Waals surface area contributed by atoms with Crippen molar-refractivity contribution < 1.29 is 22.0 Å². The molecule has 0 spiro atoms. The van der Waals surface area contributed by atoms with Gasteiger partial charge in [-0.25, -0.2) is 17.2 Å². The van der Waals surface area contributed by atoms with Crippen molar-refractivity contribution in [3.05, 3.63) is 95.0 Å². The minimum Gasteiger partial charge on any atom is -0.322 e. The Kier molecular flexibility index (Phi) is 6.81. The topological polar surface area (TPSA) is 75.3 Å². The quantitative estimate of drug-likeness (QED) is 0.568. The van der Waals surface area contributed by atoms with Gasteiger partial charge in [0, 0.05) is 5.02 Å². The van der Waals surface area contributed by atoms with Crippen LogP contribution in [0, 0.1) is 11.6 Å². The number of carbonyl (C=O) groups excluding carboxylic acids is 1. The lowest BCUT2D eigenvalue weighted by molar-refractivity contribution is -0.117. The highest BCUT2D eigenvalue weighted by molar-refractivity contribution is 7.89. The summed E-state index contributed by atoms with van der Waals surface area (Å²) in [6.45, 7) is 0. The van der Waals surface area contributed by atoms with E-state index in [1.165, 1.54) is 24.3 Å². The maximum absolute atomic E-state index is 14.1. The van der Waals surface area contributed by atoms with E-state index >= 15 is 0 Å². The molecule has 0 radical (unpaired) electrons. The zero-order valence-electron chi connectivity index (χ0n) is 15.5. The number of carbonyl (C=O) groups is 1. The normalized spacial score (nSPS) is 12.4. The number of hydrogen-bond acceptors (Lipinski definition) is 3. The summed E-state index contributed by atoms with van der Waals surface area (Å²) < 4.78 is 55.7. The molecule has 0 heterocycles. The predicted octanol–water partition coefficient (Wildman–Crippen LogP) is 4.15. The summed E-state index contributed by atoms with van der Waals surface area (Å²) >= 11 is 5.71. The van der Waals surface area contributed by atoms with E-state index in [1.54, 1.807) is 30.3 Å². The van der Waals surface area contributed by atoms with Crippen molar-refractivity contribution in [2.75, 3.05) is 5.32 Å². The van der Waals surface area contributed by atoms with E-state index in [0.29, 0.717) is 5.56 Å². The third-order valence-electron chi connectivity index (χ3n) is 4.21. The van der Waals surface area contributed by atoms with Crippen LogP contribution in [0.3, 0.4) is 0 Å². The molecule has 0 aliphatic rings. The molecule has 30 heavy (non-hydrogen) atoms. The van der Waals surface area contributed by atoms with Crippen molar-refractivity contribution >= 4 is 33.2 Å². The minimum absolute atomic E-state index is 0.0322. The van der Waals surface area contributed by atoms with Gasteiger partial charge in [0.05, 0.1) is 5.69 Å². The van der Waals surface area contributed by atoms with Crippen LogP contribution in [-0.4, -0.2) is 20.4 Å². The Morgan fingerprint density at radius 2 is 1.60 bits per heavy atom. The molecule has 3 rings (SSSR count). The van der Waals surface area contributed by atoms with E-state index in [4.69, 9.17) is 11.6 Å². The second-order valence-electron chi connectivity index (χ2n) is 6.41. The van der Waals surface area contributed by atoms with Crippen molar-refractivity contribution in [1.82, 2.24) is 4.72 Å². The lowest BCUT2D eigenvalue weighted by Crippen LogP contribution is -2.45. The molecule has 5 nitrogen and oxygen atoms in total. The zero-order chi connectivity index (χ0) is 21.7. The summed E-state index contributed by atoms with van der Waals surface area (Å²) in [5, 5.41) is 2.50. The molecule has 0 aliphatic carbocycles. The van der Waals surface area contributed by atoms with Crippen LogP contribution in [0.25, 0.3) is 0 Å². The summed E-state index contributed by atoms with van der Waals surface area (Å²) in [5.74, 6) is -2.53. The van der Waals surface area contributed by atoms with Gasteiger partial charge in [0.25, 0.3) is 0 Å². The van der Waals surface area contributed by atoms with E-state index in [-0.39, 0.29) is 17.1 Å². The first kappa shape index (κ1) is 21.9. The molecule has 0 fully saturated rings. The van der Waals surface area contributed by atoms with Crippen molar-refractivity contribution in [2.24, 2.45) is 0 Å². The summed E-state index contributed by atoms with van der Waals surface area (Å²) in [6.07, 6.45) is -0.0322. The highest BCUT2D eigenvalue weighted by Gasteiger charge is 2.28. The monoisotopic (exact) mass is 450 g/mol. The average molecular weight is 451 g/mol. The zero-order valence-corrected chi connectivity index (χ0v) is 17.1. The second kappa shape index (κ2) is 9.34. The summed E-state index contributed by atoms with van der Waals surface area (Å²) in [7, 11) is -4.37. The Morgan fingerprint density at radius 3 is 2.27 bits per heavy atom. The fourth-order valence-corrected chi connectivity index (χ4v) is 4.19. The van der Waals surface area contributed by atoms with Gasteiger partial charge in [-0.1, -0.05) is 54.1 Å². The fourth-order valence-electron chi connectivity index (χ4n) is 2.76. The molecule has 0 aliphatic heterocycles. The van der Waals surface area contributed by atoms with Crippen LogP contribution in [0.4, 0.5) is 14.5 Å². The SMILES string of the molecule is O=C(Nc1ccc(Cl)cc1F)[C@H](Cc1ccccc1)NS(=O)(=O)c1ccccc1F. The molecule has 0 saturated heterocycles. The Hall–Kier alpha value is -2.81. The molecule has 3 aromatic carbocycles. The first-order valence-electron chi connectivity index (χ1n) is 8.83. The first-order valence-corrected chi connectivity index (χ1v) is 10.7. The van der Waals surface area contributed by atoms with Gasteiger partial charge in [-0.05, 0) is 42.3 Å². The number of hydrogen-bond donors (Lipinski definition) is 2. The molecule has 0 unspecified atom stereocenters. The number of nitrogens with one attached hydrogen (secondary N) is 2. The molecule has 3 aromatic rings. The highest BCUT2D eigenvalue weighted by atomic mass is 35.5. The Balaban J connectivity index is 1.90. The van der Waals surface area contributed by atoms with Gasteiger partial charge in [0.1, 0.15) is 22.6 Å². The third kappa shape index (κ3) is 5.41. The second-order valence-corrected chi connectivity index (χ2v) is 8.53. The van der Waals surface area contributed by atoms with Crippen LogP contribution in [-0.2, 0) is 21.2 Å². The average Bonchev–Trinajstić information content (AvgIpc) is 2.70. The minimum atomic E-state index is -4.37. The van der Waals surface area contributed by atoms with Crippen molar-refractivity contribution in [3.8, 4) is 0 Å². The Bertz CT molecular complexity index is 1160. The van der Waals surface area contributed by atoms with Gasteiger partial charge in [-0.3, -0.25) is 4.79 Å². The number of sulfonamides is 1. The third-order valence-corrected chi connectivity index (χ3v) is 5.95. The maximum Gasteiger partial charge on any atom is 0.244 e. The van der Waals surface area contributed by atoms with Gasteiger partial charge in [0.15, 0.2) is 0 Å². The maximum atomic E-state index is 14.1. The summed E-state index contributed by atoms with van der Waals surface area (Å²) in [4.78, 5) is 12.2. The largest absolute Gasteiger partial charge is 0.322 e. The van der Waals surface area contributed by atoms with Gasteiger partial charge >= 0.3 is 0 Å². The molecule has 0 saturated carbocycles. The molecule has 1 atom stereocenters. The smallest absolute Gasteiger partial charge is 0.244 e. The number of amides is 1. The predicted molar refractivity (Wildman–Crippen MR) is 111 cm³/mol. The number of rotatable bonds is 7. The van der Waals surface area contributed by atoms with Crippen LogP contribution in [0.2, 0.25) is 5.02 Å². The number of anilines is 1. The first-order chi connectivity index (χ1) is 14.3. The van der Waals surface area contributed by atoms with Crippen molar-refractivity contribution in [1.29, 1.82) is 0 Å². The van der Waals surface area contributed by atoms with Gasteiger partial charge in [-0.15, -0.1) is 0 Å². The molecular weight excluding hydrogens is 434 g/mol. The van der Waals surface area contributed by atoms with Crippen LogP contribution < -0.4 is 10.0 Å². The molecule has 0 bridgehead atoms. The van der Waals surface area contributed by atoms with Crippen molar-refractivity contribution in [2.45, 2.75) is 17.4 Å². The van der Waals surface area contributed by atoms with Crippen LogP contribution in [0.1, 0.15) is 5.56 Å². The van der Waals surface area contributed by atoms with Crippen LogP contribution >= 0.6 is 11.6 Å². The van der Waals surface area contributed by atoms with Crippen LogP contribution in [0.15, 0.2) is 77.7 Å². The van der Waals surface area contributed by atoms with Gasteiger partial charge in [0.2, 0.25) is 15.9 Å². The number of benzene rings is 3. The van der Waals surface area contributed by atoms with E-state index in [0.717, 1.165) is 18.2 Å². The van der Waals surface area contributed by atoms with E-state index in [9.17, 15) is 22.0 Å². The van der Waals surface area contributed by atoms with Gasteiger partial charge in [-0.2, -0.15) is 4.72 Å². The number of halogens is 3. The Morgan fingerprint density at radius 1 is 0.933 bits per heavy atom.